The van der Waals surface area contributed by atoms with Crippen molar-refractivity contribution >= 4 is 5.69 Å². The fourth-order valence-electron chi connectivity index (χ4n) is 1.78. The van der Waals surface area contributed by atoms with E-state index >= 15 is 0 Å². The van der Waals surface area contributed by atoms with Crippen molar-refractivity contribution in [2.75, 3.05) is 18.5 Å². The summed E-state index contributed by atoms with van der Waals surface area (Å²) in [5, 5.41) is 3.39. The van der Waals surface area contributed by atoms with Gasteiger partial charge in [0, 0.05) is 25.3 Å². The lowest BCUT2D eigenvalue weighted by Gasteiger charge is -2.28. The Labute approximate surface area is 99.7 Å². The van der Waals surface area contributed by atoms with E-state index < -0.39 is 0 Å². The highest BCUT2D eigenvalue weighted by molar-refractivity contribution is 5.53. The summed E-state index contributed by atoms with van der Waals surface area (Å²) in [4.78, 5) is 2.37. The van der Waals surface area contributed by atoms with Gasteiger partial charge in [-0.25, -0.2) is 0 Å². The molecule has 1 aromatic carbocycles. The van der Waals surface area contributed by atoms with Crippen LogP contribution in [0.3, 0.4) is 0 Å². The lowest BCUT2D eigenvalue weighted by molar-refractivity contribution is 0.655. The average molecular weight is 220 g/mol. The summed E-state index contributed by atoms with van der Waals surface area (Å²) < 4.78 is 0. The molecule has 1 N–H and O–H groups in total. The van der Waals surface area contributed by atoms with Crippen LogP contribution in [0.2, 0.25) is 0 Å². The van der Waals surface area contributed by atoms with Gasteiger partial charge >= 0.3 is 0 Å². The Morgan fingerprint density at radius 1 is 1.25 bits per heavy atom. The van der Waals surface area contributed by atoms with Crippen LogP contribution in [0.4, 0.5) is 5.69 Å². The molecule has 0 saturated carbocycles. The Morgan fingerprint density at radius 3 is 2.56 bits per heavy atom. The largest absolute Gasteiger partial charge is 0.372 e. The molecule has 0 bridgehead atoms. The zero-order valence-corrected chi connectivity index (χ0v) is 11.0. The van der Waals surface area contributed by atoms with E-state index in [2.05, 4.69) is 62.3 Å². The van der Waals surface area contributed by atoms with Crippen LogP contribution < -0.4 is 10.2 Å². The molecule has 1 unspecified atom stereocenters. The van der Waals surface area contributed by atoms with E-state index in [-0.39, 0.29) is 0 Å². The molecule has 2 heteroatoms. The molecular formula is C14H24N2. The van der Waals surface area contributed by atoms with E-state index in [1.54, 1.807) is 0 Å². The Morgan fingerprint density at radius 2 is 1.94 bits per heavy atom. The third-order valence-electron chi connectivity index (χ3n) is 3.19. The van der Waals surface area contributed by atoms with Crippen LogP contribution in [0.25, 0.3) is 0 Å². The van der Waals surface area contributed by atoms with Gasteiger partial charge in [0.1, 0.15) is 0 Å². The highest BCUT2D eigenvalue weighted by Gasteiger charge is 2.10. The predicted octanol–water partition coefficient (Wildman–Crippen LogP) is 3.03. The van der Waals surface area contributed by atoms with Crippen molar-refractivity contribution in [2.45, 2.75) is 39.8 Å². The maximum absolute atomic E-state index is 3.39. The molecule has 0 spiro atoms. The van der Waals surface area contributed by atoms with Crippen molar-refractivity contribution < 1.29 is 0 Å². The molecule has 0 radical (unpaired) electrons. The van der Waals surface area contributed by atoms with Crippen LogP contribution in [-0.2, 0) is 6.54 Å². The molecule has 90 valence electrons. The number of rotatable bonds is 6. The molecule has 0 aliphatic carbocycles. The van der Waals surface area contributed by atoms with Crippen molar-refractivity contribution in [1.82, 2.24) is 5.32 Å². The van der Waals surface area contributed by atoms with Gasteiger partial charge in [0.05, 0.1) is 0 Å². The zero-order chi connectivity index (χ0) is 12.0. The minimum atomic E-state index is 0.586. The monoisotopic (exact) mass is 220 g/mol. The van der Waals surface area contributed by atoms with E-state index in [0.717, 1.165) is 13.1 Å². The highest BCUT2D eigenvalue weighted by Crippen LogP contribution is 2.21. The first kappa shape index (κ1) is 13.0. The van der Waals surface area contributed by atoms with Gasteiger partial charge in [0.2, 0.25) is 0 Å². The van der Waals surface area contributed by atoms with Crippen molar-refractivity contribution in [3.05, 3.63) is 29.8 Å². The smallest absolute Gasteiger partial charge is 0.0411 e. The molecular weight excluding hydrogens is 196 g/mol. The SMILES string of the molecule is CCNCc1ccccc1N(C)C(C)CC. The molecule has 0 amide bonds. The number of anilines is 1. The van der Waals surface area contributed by atoms with Gasteiger partial charge in [-0.3, -0.25) is 0 Å². The van der Waals surface area contributed by atoms with E-state index in [1.807, 2.05) is 0 Å². The summed E-state index contributed by atoms with van der Waals surface area (Å²) in [6, 6.07) is 9.22. The fraction of sp³-hybridized carbons (Fsp3) is 0.571. The van der Waals surface area contributed by atoms with E-state index in [4.69, 9.17) is 0 Å². The third-order valence-corrected chi connectivity index (χ3v) is 3.19. The average Bonchev–Trinajstić information content (AvgIpc) is 2.34. The van der Waals surface area contributed by atoms with E-state index in [0.29, 0.717) is 6.04 Å². The molecule has 2 nitrogen and oxygen atoms in total. The summed E-state index contributed by atoms with van der Waals surface area (Å²) in [5.41, 5.74) is 2.73. The third kappa shape index (κ3) is 3.24. The summed E-state index contributed by atoms with van der Waals surface area (Å²) in [7, 11) is 2.18. The Hall–Kier alpha value is -1.02. The molecule has 1 rings (SSSR count). The maximum Gasteiger partial charge on any atom is 0.0411 e. The lowest BCUT2D eigenvalue weighted by atomic mass is 10.1. The van der Waals surface area contributed by atoms with Crippen LogP contribution in [0, 0.1) is 0 Å². The zero-order valence-electron chi connectivity index (χ0n) is 11.0. The number of para-hydroxylation sites is 1. The second-order valence-electron chi connectivity index (χ2n) is 4.28. The van der Waals surface area contributed by atoms with Crippen molar-refractivity contribution in [3.8, 4) is 0 Å². The molecule has 0 aliphatic rings. The summed E-state index contributed by atoms with van der Waals surface area (Å²) >= 11 is 0. The first-order valence-corrected chi connectivity index (χ1v) is 6.22. The Kier molecular flexibility index (Phi) is 5.33. The molecule has 1 aromatic rings. The first-order valence-electron chi connectivity index (χ1n) is 6.22. The maximum atomic E-state index is 3.39. The second kappa shape index (κ2) is 6.54. The molecule has 0 heterocycles. The van der Waals surface area contributed by atoms with Gasteiger partial charge in [-0.2, -0.15) is 0 Å². The Balaban J connectivity index is 2.84. The van der Waals surface area contributed by atoms with Crippen LogP contribution in [0.15, 0.2) is 24.3 Å². The fourth-order valence-corrected chi connectivity index (χ4v) is 1.78. The van der Waals surface area contributed by atoms with Gasteiger partial charge in [0.25, 0.3) is 0 Å². The van der Waals surface area contributed by atoms with E-state index in [1.165, 1.54) is 17.7 Å². The second-order valence-corrected chi connectivity index (χ2v) is 4.28. The minimum Gasteiger partial charge on any atom is -0.372 e. The summed E-state index contributed by atoms with van der Waals surface area (Å²) in [6.45, 7) is 8.61. The van der Waals surface area contributed by atoms with Gasteiger partial charge in [0.15, 0.2) is 0 Å². The first-order chi connectivity index (χ1) is 7.70. The molecule has 0 fully saturated rings. The lowest BCUT2D eigenvalue weighted by Crippen LogP contribution is -2.29. The van der Waals surface area contributed by atoms with Gasteiger partial charge < -0.3 is 10.2 Å². The summed E-state index contributed by atoms with van der Waals surface area (Å²) in [5.74, 6) is 0. The minimum absolute atomic E-state index is 0.586. The normalized spacial score (nSPS) is 12.5. The number of hydrogen-bond donors (Lipinski definition) is 1. The summed E-state index contributed by atoms with van der Waals surface area (Å²) in [6.07, 6.45) is 1.17. The topological polar surface area (TPSA) is 15.3 Å². The van der Waals surface area contributed by atoms with Crippen LogP contribution in [0.1, 0.15) is 32.8 Å². The molecule has 1 atom stereocenters. The van der Waals surface area contributed by atoms with Crippen molar-refractivity contribution in [2.24, 2.45) is 0 Å². The number of hydrogen-bond acceptors (Lipinski definition) is 2. The highest BCUT2D eigenvalue weighted by atomic mass is 15.1. The van der Waals surface area contributed by atoms with Crippen LogP contribution in [0.5, 0.6) is 0 Å². The molecule has 16 heavy (non-hydrogen) atoms. The van der Waals surface area contributed by atoms with Crippen LogP contribution >= 0.6 is 0 Å². The van der Waals surface area contributed by atoms with Crippen LogP contribution in [-0.4, -0.2) is 19.6 Å². The van der Waals surface area contributed by atoms with E-state index in [9.17, 15) is 0 Å². The predicted molar refractivity (Wildman–Crippen MR) is 72.0 cm³/mol. The number of nitrogens with one attached hydrogen (secondary N) is 1. The van der Waals surface area contributed by atoms with Crippen molar-refractivity contribution in [3.63, 3.8) is 0 Å². The van der Waals surface area contributed by atoms with Gasteiger partial charge in [-0.05, 0) is 31.5 Å². The standard InChI is InChI=1S/C14H24N2/c1-5-12(3)16(4)14-10-8-7-9-13(14)11-15-6-2/h7-10,12,15H,5-6,11H2,1-4H3. The molecule has 0 aliphatic heterocycles. The van der Waals surface area contributed by atoms with Gasteiger partial charge in [-0.1, -0.05) is 32.0 Å². The number of benzene rings is 1. The van der Waals surface area contributed by atoms with Crippen molar-refractivity contribution in [1.29, 1.82) is 0 Å². The molecule has 0 aromatic heterocycles. The van der Waals surface area contributed by atoms with Gasteiger partial charge in [-0.15, -0.1) is 0 Å². The Bertz CT molecular complexity index is 309. The quantitative estimate of drug-likeness (QED) is 0.792. The number of nitrogens with zero attached hydrogens (tertiary/aromatic N) is 1. The molecule has 0 saturated heterocycles.